The molecule has 304 valence electrons. The molecule has 2 aromatic rings. The van der Waals surface area contributed by atoms with Crippen LogP contribution in [0.2, 0.25) is 5.02 Å². The Hall–Kier alpha value is -3.24. The van der Waals surface area contributed by atoms with Crippen molar-refractivity contribution < 1.29 is 46.4 Å². The van der Waals surface area contributed by atoms with Crippen molar-refractivity contribution in [3.8, 4) is 5.75 Å². The SMILES string of the molecule is COCCN(CCOC)CC(OC)(C1=C(CN2C[C@@]3(CCCc4cc(Cl)ccc43)COc3ccc(C(=O)O)cc32)CCO1)/C(F)=C/C[C@H](C)[C@@H](C)S(N)(=O)=O. The lowest BCUT2D eigenvalue weighted by Crippen LogP contribution is -2.50. The topological polar surface area (TPSA) is 150 Å². The number of carboxylic acid groups (broad SMARTS) is 1. The molecule has 1 spiro atoms. The number of ether oxygens (including phenoxy) is 5. The predicted molar refractivity (Wildman–Crippen MR) is 210 cm³/mol. The number of methoxy groups -OCH3 is 3. The van der Waals surface area contributed by atoms with Crippen LogP contribution in [-0.4, -0.2) is 116 Å². The summed E-state index contributed by atoms with van der Waals surface area (Å²) < 4.78 is 71.5. The monoisotopic (exact) mass is 807 g/mol. The van der Waals surface area contributed by atoms with Crippen LogP contribution >= 0.6 is 11.6 Å². The summed E-state index contributed by atoms with van der Waals surface area (Å²) in [7, 11) is 0.777. The maximum absolute atomic E-state index is 17.2. The molecular weight excluding hydrogens is 753 g/mol. The number of carbonyl (C=O) groups is 1. The van der Waals surface area contributed by atoms with Gasteiger partial charge in [-0.1, -0.05) is 24.6 Å². The highest BCUT2D eigenvalue weighted by molar-refractivity contribution is 7.89. The van der Waals surface area contributed by atoms with Gasteiger partial charge < -0.3 is 33.7 Å². The van der Waals surface area contributed by atoms with E-state index in [2.05, 4.69) is 11.0 Å². The van der Waals surface area contributed by atoms with Crippen molar-refractivity contribution in [3.63, 3.8) is 0 Å². The number of hydrogen-bond donors (Lipinski definition) is 2. The molecule has 55 heavy (non-hydrogen) atoms. The molecule has 0 bridgehead atoms. The van der Waals surface area contributed by atoms with Crippen LogP contribution in [-0.2, 0) is 40.8 Å². The van der Waals surface area contributed by atoms with Gasteiger partial charge in [0.15, 0.2) is 5.60 Å². The fraction of sp³-hybridized carbons (Fsp3) is 0.575. The molecule has 0 amide bonds. The molecule has 1 unspecified atom stereocenters. The predicted octanol–water partition coefficient (Wildman–Crippen LogP) is 5.72. The molecule has 0 saturated heterocycles. The van der Waals surface area contributed by atoms with E-state index in [9.17, 15) is 18.3 Å². The number of halogens is 2. The average Bonchev–Trinajstić information content (AvgIpc) is 3.57. The Labute approximate surface area is 329 Å². The van der Waals surface area contributed by atoms with Gasteiger partial charge in [-0.2, -0.15) is 0 Å². The largest absolute Gasteiger partial charge is 0.494 e. The zero-order valence-electron chi connectivity index (χ0n) is 32.4. The Balaban J connectivity index is 1.63. The standard InChI is InChI=1S/C40H55ClFN3O9S/c1-27(28(2)55(43,48)49)8-13-36(42)40(52-5,25-44(16-19-50-3)17-20-51-4)37-31(14-18-53-37)23-45-24-39(15-6-7-29-21-32(41)10-11-33(29)39)26-54-35-12-9-30(38(46)47)22-34(35)45/h9-13,21-22,27-28H,6-8,14-20,23-26H2,1-5H3,(H,46,47)(H2,43,48,49)/b36-13-/t27-,28+,39-,40?/m0/s1. The second-order valence-corrected chi connectivity index (χ2v) is 17.3. The van der Waals surface area contributed by atoms with Crippen LogP contribution in [0.3, 0.4) is 0 Å². The Kier molecular flexibility index (Phi) is 14.3. The fourth-order valence-electron chi connectivity index (χ4n) is 8.01. The first-order chi connectivity index (χ1) is 26.2. The average molecular weight is 808 g/mol. The van der Waals surface area contributed by atoms with E-state index in [0.717, 1.165) is 36.0 Å². The van der Waals surface area contributed by atoms with E-state index >= 15 is 4.39 Å². The van der Waals surface area contributed by atoms with Crippen molar-refractivity contribution >= 4 is 33.3 Å². The molecule has 5 rings (SSSR count). The molecule has 0 aromatic heterocycles. The van der Waals surface area contributed by atoms with Crippen molar-refractivity contribution in [2.45, 2.75) is 62.2 Å². The molecule has 0 saturated carbocycles. The van der Waals surface area contributed by atoms with E-state index in [1.807, 2.05) is 17.0 Å². The minimum absolute atomic E-state index is 0.0391. The van der Waals surface area contributed by atoms with E-state index in [1.165, 1.54) is 26.2 Å². The third-order valence-electron chi connectivity index (χ3n) is 11.4. The second-order valence-electron chi connectivity index (χ2n) is 15.0. The quantitative estimate of drug-likeness (QED) is 0.190. The van der Waals surface area contributed by atoms with Crippen molar-refractivity contribution in [1.82, 2.24) is 4.90 Å². The first kappa shape index (κ1) is 42.9. The van der Waals surface area contributed by atoms with Gasteiger partial charge in [0.25, 0.3) is 0 Å². The number of carboxylic acids is 1. The van der Waals surface area contributed by atoms with Gasteiger partial charge in [-0.25, -0.2) is 22.7 Å². The fourth-order valence-corrected chi connectivity index (χ4v) is 8.96. The minimum atomic E-state index is -3.85. The van der Waals surface area contributed by atoms with Crippen molar-refractivity contribution in [1.29, 1.82) is 0 Å². The Morgan fingerprint density at radius 1 is 1.13 bits per heavy atom. The molecular formula is C40H55ClFN3O9S. The van der Waals surface area contributed by atoms with Crippen LogP contribution in [0, 0.1) is 5.92 Å². The lowest BCUT2D eigenvalue weighted by molar-refractivity contribution is -0.0383. The molecule has 1 aliphatic carbocycles. The molecule has 3 N–H and O–H groups in total. The van der Waals surface area contributed by atoms with Gasteiger partial charge in [0.1, 0.15) is 17.3 Å². The minimum Gasteiger partial charge on any atom is -0.494 e. The summed E-state index contributed by atoms with van der Waals surface area (Å²) in [6.45, 7) is 6.31. The number of primary sulfonamides is 1. The van der Waals surface area contributed by atoms with Gasteiger partial charge in [0.2, 0.25) is 10.0 Å². The van der Waals surface area contributed by atoms with Crippen LogP contribution in [0.1, 0.15) is 61.0 Å². The van der Waals surface area contributed by atoms with Gasteiger partial charge in [-0.05, 0) is 91.6 Å². The number of nitrogens with two attached hydrogens (primary N) is 1. The summed E-state index contributed by atoms with van der Waals surface area (Å²) in [5.74, 6) is -1.31. The Morgan fingerprint density at radius 3 is 2.51 bits per heavy atom. The number of fused-ring (bicyclic) bond motifs is 3. The number of benzene rings is 2. The summed E-state index contributed by atoms with van der Waals surface area (Å²) in [6.07, 6.45) is 4.56. The number of sulfonamides is 1. The molecule has 2 aromatic carbocycles. The highest BCUT2D eigenvalue weighted by atomic mass is 35.5. The zero-order chi connectivity index (χ0) is 40.0. The normalized spacial score (nSPS) is 21.0. The number of nitrogens with zero attached hydrogens (tertiary/aromatic N) is 2. The van der Waals surface area contributed by atoms with Gasteiger partial charge >= 0.3 is 5.97 Å². The highest BCUT2D eigenvalue weighted by Crippen LogP contribution is 2.46. The second kappa shape index (κ2) is 18.4. The number of aryl methyl sites for hydroxylation is 1. The Bertz CT molecular complexity index is 1850. The molecule has 2 heterocycles. The highest BCUT2D eigenvalue weighted by Gasteiger charge is 2.48. The first-order valence-electron chi connectivity index (χ1n) is 18.7. The third-order valence-corrected chi connectivity index (χ3v) is 13.1. The molecule has 0 radical (unpaired) electrons. The van der Waals surface area contributed by atoms with E-state index in [-0.39, 0.29) is 31.7 Å². The smallest absolute Gasteiger partial charge is 0.335 e. The van der Waals surface area contributed by atoms with Crippen LogP contribution in [0.25, 0.3) is 0 Å². The summed E-state index contributed by atoms with van der Waals surface area (Å²) in [5.41, 5.74) is 1.65. The lowest BCUT2D eigenvalue weighted by Gasteiger charge is -2.41. The molecule has 0 fully saturated rings. The van der Waals surface area contributed by atoms with Crippen molar-refractivity contribution in [2.24, 2.45) is 11.1 Å². The van der Waals surface area contributed by atoms with E-state index in [4.69, 9.17) is 40.4 Å². The van der Waals surface area contributed by atoms with Crippen molar-refractivity contribution in [3.05, 3.63) is 81.3 Å². The van der Waals surface area contributed by atoms with Crippen LogP contribution < -0.4 is 14.8 Å². The summed E-state index contributed by atoms with van der Waals surface area (Å²) in [6, 6.07) is 10.9. The number of aromatic carboxylic acids is 1. The Morgan fingerprint density at radius 2 is 1.85 bits per heavy atom. The number of rotatable bonds is 18. The number of allylic oxidation sites excluding steroid dienone is 1. The number of hydrogen-bond acceptors (Lipinski definition) is 10. The molecule has 15 heteroatoms. The summed E-state index contributed by atoms with van der Waals surface area (Å²) in [5, 5.41) is 15.2. The van der Waals surface area contributed by atoms with Crippen LogP contribution in [0.5, 0.6) is 5.75 Å². The maximum Gasteiger partial charge on any atom is 0.335 e. The molecule has 3 aliphatic rings. The number of anilines is 1. The third kappa shape index (κ3) is 9.66. The first-order valence-corrected chi connectivity index (χ1v) is 20.7. The maximum atomic E-state index is 17.2. The molecule has 2 aliphatic heterocycles. The van der Waals surface area contributed by atoms with Gasteiger partial charge in [-0.15, -0.1) is 0 Å². The molecule has 4 atom stereocenters. The van der Waals surface area contributed by atoms with Crippen LogP contribution in [0.15, 0.2) is 59.6 Å². The van der Waals surface area contributed by atoms with Gasteiger partial charge in [-0.3, -0.25) is 4.90 Å². The van der Waals surface area contributed by atoms with E-state index in [0.29, 0.717) is 68.1 Å². The van der Waals surface area contributed by atoms with Crippen molar-refractivity contribution in [2.75, 3.05) is 85.4 Å². The molecule has 12 nitrogen and oxygen atoms in total. The van der Waals surface area contributed by atoms with E-state index < -0.39 is 44.0 Å². The van der Waals surface area contributed by atoms with Crippen LogP contribution in [0.4, 0.5) is 10.1 Å². The zero-order valence-corrected chi connectivity index (χ0v) is 34.0. The summed E-state index contributed by atoms with van der Waals surface area (Å²) in [4.78, 5) is 16.4. The van der Waals surface area contributed by atoms with E-state index in [1.54, 1.807) is 33.3 Å². The van der Waals surface area contributed by atoms with Gasteiger partial charge in [0.05, 0.1) is 42.9 Å². The summed E-state index contributed by atoms with van der Waals surface area (Å²) >= 11 is 6.45. The van der Waals surface area contributed by atoms with Gasteiger partial charge in [0, 0.05) is 70.9 Å². The lowest BCUT2D eigenvalue weighted by atomic mass is 9.70.